The van der Waals surface area contributed by atoms with Crippen LogP contribution in [0.4, 0.5) is 13.2 Å². The van der Waals surface area contributed by atoms with Gasteiger partial charge in [0.15, 0.2) is 0 Å². The molecule has 0 unspecified atom stereocenters. The minimum absolute atomic E-state index is 0.119. The summed E-state index contributed by atoms with van der Waals surface area (Å²) in [6, 6.07) is 14.4. The third kappa shape index (κ3) is 5.90. The van der Waals surface area contributed by atoms with E-state index in [9.17, 15) is 18.0 Å². The van der Waals surface area contributed by atoms with Gasteiger partial charge in [-0.2, -0.15) is 0 Å². The van der Waals surface area contributed by atoms with E-state index >= 15 is 0 Å². The maximum atomic E-state index is 14.0. The van der Waals surface area contributed by atoms with Gasteiger partial charge < -0.3 is 9.64 Å². The Balaban J connectivity index is 1.46. The smallest absolute Gasteiger partial charge is 0.337 e. The van der Waals surface area contributed by atoms with Crippen LogP contribution in [0.25, 0.3) is 5.57 Å². The Morgan fingerprint density at radius 1 is 1.08 bits per heavy atom. The van der Waals surface area contributed by atoms with Gasteiger partial charge in [0, 0.05) is 32.5 Å². The molecule has 1 saturated heterocycles. The van der Waals surface area contributed by atoms with Crippen molar-refractivity contribution in [3.05, 3.63) is 87.5 Å². The van der Waals surface area contributed by atoms with Gasteiger partial charge in [0.2, 0.25) is 0 Å². The lowest BCUT2D eigenvalue weighted by atomic mass is 9.82. The summed E-state index contributed by atoms with van der Waals surface area (Å²) in [6.07, 6.45) is 5.91. The molecule has 2 aromatic rings. The topological polar surface area (TPSA) is 29.5 Å². The number of benzene rings is 2. The molecular weight excluding hydrogens is 487 g/mol. The molecule has 2 aromatic carbocycles. The average Bonchev–Trinajstić information content (AvgIpc) is 3.09. The Morgan fingerprint density at radius 3 is 2.55 bits per heavy atom. The Hall–Kier alpha value is -2.86. The number of allylic oxidation sites excluding steroid dienone is 3. The van der Waals surface area contributed by atoms with Crippen LogP contribution in [-0.2, 0) is 17.6 Å². The highest BCUT2D eigenvalue weighted by molar-refractivity contribution is 5.92. The number of esters is 1. The zero-order chi connectivity index (χ0) is 26.7. The van der Waals surface area contributed by atoms with Gasteiger partial charge in [-0.25, -0.2) is 13.6 Å². The Kier molecular flexibility index (Phi) is 8.08. The molecule has 1 aliphatic heterocycles. The van der Waals surface area contributed by atoms with E-state index in [1.54, 1.807) is 12.1 Å². The molecule has 0 radical (unpaired) electrons. The standard InChI is InChI=1S/C32H36F3NO2/c1-38-31(37)27-10-11-29-26(19-27)4-2-5-28(24-12-14-32(34,35)15-13-24)30(29)25-8-6-22(7-9-25)18-23-20-36(21-23)17-3-16-33/h6-12,19,23H,2-5,13-18,20-21H2,1H3. The van der Waals surface area contributed by atoms with Crippen LogP contribution in [0.15, 0.2) is 59.7 Å². The van der Waals surface area contributed by atoms with Crippen LogP contribution in [0.3, 0.4) is 0 Å². The second-order valence-corrected chi connectivity index (χ2v) is 10.9. The minimum Gasteiger partial charge on any atom is -0.465 e. The van der Waals surface area contributed by atoms with E-state index < -0.39 is 5.92 Å². The first-order valence-corrected chi connectivity index (χ1v) is 13.8. The highest BCUT2D eigenvalue weighted by atomic mass is 19.3. The predicted molar refractivity (Wildman–Crippen MR) is 144 cm³/mol. The molecule has 2 aliphatic carbocycles. The summed E-state index contributed by atoms with van der Waals surface area (Å²) < 4.78 is 45.3. The number of halogens is 3. The Morgan fingerprint density at radius 2 is 1.87 bits per heavy atom. The number of likely N-dealkylation sites (tertiary alicyclic amines) is 1. The van der Waals surface area contributed by atoms with E-state index in [0.717, 1.165) is 78.7 Å². The molecular formula is C32H36F3NO2. The number of ether oxygens (including phenoxy) is 1. The van der Waals surface area contributed by atoms with Gasteiger partial charge >= 0.3 is 5.97 Å². The lowest BCUT2D eigenvalue weighted by Gasteiger charge is -2.39. The van der Waals surface area contributed by atoms with Crippen LogP contribution in [0.2, 0.25) is 0 Å². The number of aryl methyl sites for hydroxylation is 1. The largest absolute Gasteiger partial charge is 0.465 e. The van der Waals surface area contributed by atoms with Crippen LogP contribution < -0.4 is 0 Å². The molecule has 0 atom stereocenters. The minimum atomic E-state index is -2.63. The summed E-state index contributed by atoms with van der Waals surface area (Å²) in [6.45, 7) is 2.62. The van der Waals surface area contributed by atoms with E-state index in [2.05, 4.69) is 29.2 Å². The van der Waals surface area contributed by atoms with Crippen LogP contribution in [0.1, 0.15) is 71.1 Å². The van der Waals surface area contributed by atoms with E-state index in [0.29, 0.717) is 24.3 Å². The lowest BCUT2D eigenvalue weighted by Crippen LogP contribution is -2.47. The number of methoxy groups -OCH3 is 1. The first-order chi connectivity index (χ1) is 18.4. The lowest BCUT2D eigenvalue weighted by molar-refractivity contribution is -0.00838. The fourth-order valence-corrected chi connectivity index (χ4v) is 6.16. The van der Waals surface area contributed by atoms with Crippen LogP contribution in [0, 0.1) is 5.92 Å². The number of hydrogen-bond donors (Lipinski definition) is 0. The Bertz CT molecular complexity index is 1230. The van der Waals surface area contributed by atoms with E-state index in [-0.39, 0.29) is 25.5 Å². The molecule has 0 aromatic heterocycles. The van der Waals surface area contributed by atoms with E-state index in [1.165, 1.54) is 12.7 Å². The van der Waals surface area contributed by atoms with Crippen molar-refractivity contribution in [1.29, 1.82) is 0 Å². The molecule has 0 spiro atoms. The van der Waals surface area contributed by atoms with Crippen LogP contribution in [0.5, 0.6) is 0 Å². The monoisotopic (exact) mass is 523 g/mol. The highest BCUT2D eigenvalue weighted by Crippen LogP contribution is 2.43. The molecule has 6 heteroatoms. The third-order valence-electron chi connectivity index (χ3n) is 8.17. The van der Waals surface area contributed by atoms with Crippen molar-refractivity contribution in [2.45, 2.75) is 57.3 Å². The number of carbonyl (C=O) groups is 1. The number of hydrogen-bond acceptors (Lipinski definition) is 3. The molecule has 0 saturated carbocycles. The fourth-order valence-electron chi connectivity index (χ4n) is 6.16. The number of alkyl halides is 3. The van der Waals surface area contributed by atoms with Crippen molar-refractivity contribution < 1.29 is 22.7 Å². The third-order valence-corrected chi connectivity index (χ3v) is 8.17. The first kappa shape index (κ1) is 26.7. The number of nitrogens with zero attached hydrogens (tertiary/aromatic N) is 1. The van der Waals surface area contributed by atoms with Gasteiger partial charge in [0.05, 0.1) is 19.3 Å². The molecule has 5 rings (SSSR count). The molecule has 38 heavy (non-hydrogen) atoms. The fraction of sp³-hybridized carbons (Fsp3) is 0.469. The van der Waals surface area contributed by atoms with Crippen molar-refractivity contribution in [3.63, 3.8) is 0 Å². The average molecular weight is 524 g/mol. The number of rotatable bonds is 8. The molecule has 3 aliphatic rings. The molecule has 1 heterocycles. The number of fused-ring (bicyclic) bond motifs is 1. The van der Waals surface area contributed by atoms with Gasteiger partial charge in [-0.3, -0.25) is 4.39 Å². The van der Waals surface area contributed by atoms with Crippen molar-refractivity contribution in [2.75, 3.05) is 33.4 Å². The van der Waals surface area contributed by atoms with Crippen molar-refractivity contribution in [2.24, 2.45) is 5.92 Å². The summed E-state index contributed by atoms with van der Waals surface area (Å²) in [7, 11) is 1.38. The maximum Gasteiger partial charge on any atom is 0.337 e. The molecule has 202 valence electrons. The zero-order valence-corrected chi connectivity index (χ0v) is 22.1. The Labute approximate surface area is 223 Å². The summed E-state index contributed by atoms with van der Waals surface area (Å²) in [5, 5.41) is 0. The maximum absolute atomic E-state index is 14.0. The highest BCUT2D eigenvalue weighted by Gasteiger charge is 2.33. The summed E-state index contributed by atoms with van der Waals surface area (Å²) in [5.74, 6) is -2.39. The van der Waals surface area contributed by atoms with Crippen molar-refractivity contribution >= 4 is 11.5 Å². The van der Waals surface area contributed by atoms with E-state index in [4.69, 9.17) is 4.74 Å². The molecule has 0 bridgehead atoms. The predicted octanol–water partition coefficient (Wildman–Crippen LogP) is 7.19. The van der Waals surface area contributed by atoms with Crippen LogP contribution >= 0.6 is 0 Å². The quantitative estimate of drug-likeness (QED) is 0.343. The molecule has 0 amide bonds. The molecule has 1 fully saturated rings. The van der Waals surface area contributed by atoms with Crippen molar-refractivity contribution in [1.82, 2.24) is 4.90 Å². The normalized spacial score (nSPS) is 19.8. The zero-order valence-electron chi connectivity index (χ0n) is 22.1. The SMILES string of the molecule is COC(=O)c1ccc2c(c1)CCCC(C1=CCC(F)(F)CC1)=C2c1ccc(CC2CN(CCCF)C2)cc1. The first-order valence-electron chi connectivity index (χ1n) is 13.8. The summed E-state index contributed by atoms with van der Waals surface area (Å²) in [5.41, 5.74) is 8.32. The second-order valence-electron chi connectivity index (χ2n) is 10.9. The van der Waals surface area contributed by atoms with Crippen molar-refractivity contribution in [3.8, 4) is 0 Å². The van der Waals surface area contributed by atoms with Gasteiger partial charge in [-0.1, -0.05) is 36.4 Å². The van der Waals surface area contributed by atoms with E-state index in [1.807, 2.05) is 12.1 Å². The van der Waals surface area contributed by atoms with Crippen LogP contribution in [-0.4, -0.2) is 50.2 Å². The van der Waals surface area contributed by atoms with Gasteiger partial charge in [0.25, 0.3) is 5.92 Å². The van der Waals surface area contributed by atoms with Gasteiger partial charge in [-0.15, -0.1) is 0 Å². The van der Waals surface area contributed by atoms with Gasteiger partial charge in [-0.05, 0) is 95.5 Å². The molecule has 3 nitrogen and oxygen atoms in total. The molecule has 0 N–H and O–H groups in total. The summed E-state index contributed by atoms with van der Waals surface area (Å²) >= 11 is 0. The second kappa shape index (κ2) is 11.5. The van der Waals surface area contributed by atoms with Gasteiger partial charge in [0.1, 0.15) is 0 Å². The number of carbonyl (C=O) groups excluding carboxylic acids is 1. The summed E-state index contributed by atoms with van der Waals surface area (Å²) in [4.78, 5) is 14.5.